The molecule has 108 valence electrons. The molecular weight excluding hydrogens is 252 g/mol. The van der Waals surface area contributed by atoms with Crippen LogP contribution in [0.5, 0.6) is 0 Å². The quantitative estimate of drug-likeness (QED) is 0.809. The van der Waals surface area contributed by atoms with E-state index in [0.717, 1.165) is 24.2 Å². The predicted molar refractivity (Wildman–Crippen MR) is 80.9 cm³/mol. The Labute approximate surface area is 120 Å². The molecule has 20 heavy (non-hydrogen) atoms. The monoisotopic (exact) mass is 274 g/mol. The van der Waals surface area contributed by atoms with Crippen LogP contribution >= 0.6 is 0 Å². The Kier molecular flexibility index (Phi) is 5.18. The van der Waals surface area contributed by atoms with Crippen LogP contribution in [0.15, 0.2) is 36.9 Å². The number of ether oxygens (including phenoxy) is 1. The summed E-state index contributed by atoms with van der Waals surface area (Å²) in [7, 11) is 1.65. The molecule has 0 fully saturated rings. The lowest BCUT2D eigenvalue weighted by atomic mass is 9.90. The lowest BCUT2D eigenvalue weighted by molar-refractivity contribution is -0.133. The van der Waals surface area contributed by atoms with E-state index >= 15 is 0 Å². The van der Waals surface area contributed by atoms with Gasteiger partial charge in [-0.05, 0) is 18.1 Å². The van der Waals surface area contributed by atoms with Crippen LogP contribution in [0.4, 0.5) is 5.69 Å². The SMILES string of the molecule is C=CCN(CCOC)C(=O)C1CCNc2ccccc21. The summed E-state index contributed by atoms with van der Waals surface area (Å²) in [4.78, 5) is 14.6. The lowest BCUT2D eigenvalue weighted by Gasteiger charge is -2.30. The van der Waals surface area contributed by atoms with Crippen molar-refractivity contribution >= 4 is 11.6 Å². The summed E-state index contributed by atoms with van der Waals surface area (Å²) in [5.74, 6) is 0.0974. The van der Waals surface area contributed by atoms with E-state index in [2.05, 4.69) is 11.9 Å². The molecule has 1 amide bonds. The van der Waals surface area contributed by atoms with Crippen molar-refractivity contribution in [2.75, 3.05) is 38.7 Å². The first-order chi connectivity index (χ1) is 9.77. The van der Waals surface area contributed by atoms with Crippen molar-refractivity contribution in [2.24, 2.45) is 0 Å². The van der Waals surface area contributed by atoms with Crippen molar-refractivity contribution in [3.8, 4) is 0 Å². The second-order valence-electron chi connectivity index (χ2n) is 4.92. The van der Waals surface area contributed by atoms with E-state index < -0.39 is 0 Å². The van der Waals surface area contributed by atoms with Crippen molar-refractivity contribution in [1.82, 2.24) is 4.90 Å². The number of amides is 1. The summed E-state index contributed by atoms with van der Waals surface area (Å²) in [5, 5.41) is 3.35. The zero-order valence-corrected chi connectivity index (χ0v) is 12.0. The highest BCUT2D eigenvalue weighted by molar-refractivity contribution is 5.86. The number of rotatable bonds is 6. The Morgan fingerprint density at radius 2 is 2.35 bits per heavy atom. The number of para-hydroxylation sites is 1. The van der Waals surface area contributed by atoms with E-state index in [1.807, 2.05) is 29.2 Å². The molecule has 1 aromatic carbocycles. The maximum Gasteiger partial charge on any atom is 0.230 e. The van der Waals surface area contributed by atoms with Gasteiger partial charge in [0, 0.05) is 32.4 Å². The van der Waals surface area contributed by atoms with Gasteiger partial charge in [-0.1, -0.05) is 24.3 Å². The number of hydrogen-bond donors (Lipinski definition) is 1. The average molecular weight is 274 g/mol. The zero-order valence-electron chi connectivity index (χ0n) is 12.0. The average Bonchev–Trinajstić information content (AvgIpc) is 2.50. The summed E-state index contributed by atoms with van der Waals surface area (Å²) < 4.78 is 5.09. The van der Waals surface area contributed by atoms with Gasteiger partial charge in [-0.15, -0.1) is 6.58 Å². The molecule has 0 bridgehead atoms. The second kappa shape index (κ2) is 7.10. The molecule has 0 aliphatic carbocycles. The number of benzene rings is 1. The first kappa shape index (κ1) is 14.6. The molecule has 1 atom stereocenters. The summed E-state index contributed by atoms with van der Waals surface area (Å²) in [6, 6.07) is 8.04. The molecule has 0 spiro atoms. The fourth-order valence-electron chi connectivity index (χ4n) is 2.59. The molecule has 1 N–H and O–H groups in total. The number of nitrogens with one attached hydrogen (secondary N) is 1. The predicted octanol–water partition coefficient (Wildman–Crippen LogP) is 2.25. The topological polar surface area (TPSA) is 41.6 Å². The van der Waals surface area contributed by atoms with Gasteiger partial charge in [-0.3, -0.25) is 4.79 Å². The van der Waals surface area contributed by atoms with Crippen LogP contribution in [0, 0.1) is 0 Å². The van der Waals surface area contributed by atoms with E-state index in [-0.39, 0.29) is 11.8 Å². The molecule has 2 rings (SSSR count). The Morgan fingerprint density at radius 1 is 1.55 bits per heavy atom. The number of hydrogen-bond acceptors (Lipinski definition) is 3. The summed E-state index contributed by atoms with van der Waals surface area (Å²) in [6.07, 6.45) is 2.59. The van der Waals surface area contributed by atoms with E-state index in [0.29, 0.717) is 19.7 Å². The summed E-state index contributed by atoms with van der Waals surface area (Å²) in [5.41, 5.74) is 2.16. The number of methoxy groups -OCH3 is 1. The van der Waals surface area contributed by atoms with Gasteiger partial charge in [0.1, 0.15) is 0 Å². The molecular formula is C16H22N2O2. The van der Waals surface area contributed by atoms with Crippen LogP contribution in [0.25, 0.3) is 0 Å². The third-order valence-corrected chi connectivity index (χ3v) is 3.61. The molecule has 1 aliphatic rings. The molecule has 0 aromatic heterocycles. The fraction of sp³-hybridized carbons (Fsp3) is 0.438. The van der Waals surface area contributed by atoms with Crippen LogP contribution < -0.4 is 5.32 Å². The molecule has 1 unspecified atom stereocenters. The molecule has 0 saturated carbocycles. The van der Waals surface area contributed by atoms with Gasteiger partial charge in [0.05, 0.1) is 12.5 Å². The van der Waals surface area contributed by atoms with Crippen LogP contribution in [0.1, 0.15) is 17.9 Å². The number of anilines is 1. The Morgan fingerprint density at radius 3 is 3.10 bits per heavy atom. The molecule has 0 radical (unpaired) electrons. The Hall–Kier alpha value is -1.81. The van der Waals surface area contributed by atoms with Gasteiger partial charge in [-0.25, -0.2) is 0 Å². The second-order valence-corrected chi connectivity index (χ2v) is 4.92. The van der Waals surface area contributed by atoms with E-state index in [1.54, 1.807) is 13.2 Å². The minimum Gasteiger partial charge on any atom is -0.385 e. The molecule has 1 heterocycles. The first-order valence-electron chi connectivity index (χ1n) is 6.99. The highest BCUT2D eigenvalue weighted by atomic mass is 16.5. The highest BCUT2D eigenvalue weighted by Crippen LogP contribution is 2.32. The van der Waals surface area contributed by atoms with Crippen LogP contribution in [-0.4, -0.2) is 44.2 Å². The highest BCUT2D eigenvalue weighted by Gasteiger charge is 2.29. The third-order valence-electron chi connectivity index (χ3n) is 3.61. The van der Waals surface area contributed by atoms with Gasteiger partial charge in [0.15, 0.2) is 0 Å². The van der Waals surface area contributed by atoms with E-state index in [1.165, 1.54) is 0 Å². The number of carbonyl (C=O) groups excluding carboxylic acids is 1. The minimum absolute atomic E-state index is 0.0655. The maximum absolute atomic E-state index is 12.8. The van der Waals surface area contributed by atoms with Gasteiger partial charge in [-0.2, -0.15) is 0 Å². The molecule has 1 aliphatic heterocycles. The van der Waals surface area contributed by atoms with Crippen molar-refractivity contribution in [3.05, 3.63) is 42.5 Å². The fourth-order valence-corrected chi connectivity index (χ4v) is 2.59. The van der Waals surface area contributed by atoms with Crippen molar-refractivity contribution in [3.63, 3.8) is 0 Å². The normalized spacial score (nSPS) is 16.9. The smallest absolute Gasteiger partial charge is 0.230 e. The number of nitrogens with zero attached hydrogens (tertiary/aromatic N) is 1. The standard InChI is InChI=1S/C16H22N2O2/c1-3-10-18(11-12-20-2)16(19)14-8-9-17-15-7-5-4-6-13(14)15/h3-7,14,17H,1,8-12H2,2H3. The third kappa shape index (κ3) is 3.20. The van der Waals surface area contributed by atoms with Gasteiger partial charge in [0.2, 0.25) is 5.91 Å². The van der Waals surface area contributed by atoms with Gasteiger partial charge < -0.3 is 15.0 Å². The molecule has 4 nitrogen and oxygen atoms in total. The van der Waals surface area contributed by atoms with Crippen molar-refractivity contribution in [1.29, 1.82) is 0 Å². The zero-order chi connectivity index (χ0) is 14.4. The summed E-state index contributed by atoms with van der Waals surface area (Å²) in [6.45, 7) is 6.28. The molecule has 4 heteroatoms. The Bertz CT molecular complexity index is 473. The van der Waals surface area contributed by atoms with Crippen molar-refractivity contribution < 1.29 is 9.53 Å². The summed E-state index contributed by atoms with van der Waals surface area (Å²) >= 11 is 0. The molecule has 0 saturated heterocycles. The minimum atomic E-state index is -0.0655. The maximum atomic E-state index is 12.8. The lowest BCUT2D eigenvalue weighted by Crippen LogP contribution is -2.39. The number of fused-ring (bicyclic) bond motifs is 1. The van der Waals surface area contributed by atoms with Crippen molar-refractivity contribution in [2.45, 2.75) is 12.3 Å². The first-order valence-corrected chi connectivity index (χ1v) is 6.99. The largest absolute Gasteiger partial charge is 0.385 e. The van der Waals surface area contributed by atoms with E-state index in [9.17, 15) is 4.79 Å². The molecule has 1 aromatic rings. The van der Waals surface area contributed by atoms with Gasteiger partial charge in [0.25, 0.3) is 0 Å². The van der Waals surface area contributed by atoms with Crippen LogP contribution in [0.3, 0.4) is 0 Å². The Balaban J connectivity index is 2.17. The van der Waals surface area contributed by atoms with Gasteiger partial charge >= 0.3 is 0 Å². The van der Waals surface area contributed by atoms with E-state index in [4.69, 9.17) is 4.74 Å². The van der Waals surface area contributed by atoms with Crippen LogP contribution in [0.2, 0.25) is 0 Å². The number of carbonyl (C=O) groups is 1. The van der Waals surface area contributed by atoms with Crippen LogP contribution in [-0.2, 0) is 9.53 Å².